The van der Waals surface area contributed by atoms with Crippen LogP contribution in [0.4, 0.5) is 9.93 Å². The van der Waals surface area contributed by atoms with E-state index < -0.39 is 46.9 Å². The standard InChI is InChI=1S/C12H15IN6O8S2.Na/c13-1-2-27-18-7(5-4-28-11(14)16-5)9(20)17-8-6(3-26-12(15)22)19(10(8)21)29(23,24)25;/h4,6,8H,1-3H2,(H2,14,16)(H2,15,22)(H,17,20)(H,23,24,25);/q;+1/p-1/b18-7-;/t6-,8+;/m1./s1. The predicted molar refractivity (Wildman–Crippen MR) is 106 cm³/mol. The summed E-state index contributed by atoms with van der Waals surface area (Å²) in [7, 11) is -5.20. The first-order valence-electron chi connectivity index (χ1n) is 7.55. The van der Waals surface area contributed by atoms with Gasteiger partial charge in [0.05, 0.1) is 0 Å². The van der Waals surface area contributed by atoms with Crippen LogP contribution in [0.1, 0.15) is 5.69 Å². The number of amides is 3. The molecule has 1 fully saturated rings. The second-order valence-electron chi connectivity index (χ2n) is 5.27. The maximum absolute atomic E-state index is 12.6. The molecule has 2 rings (SSSR count). The summed E-state index contributed by atoms with van der Waals surface area (Å²) in [6, 6.07) is -2.96. The maximum atomic E-state index is 12.6. The summed E-state index contributed by atoms with van der Waals surface area (Å²) in [6.45, 7) is -0.550. The normalized spacial score (nSPS) is 18.8. The number of aromatic nitrogens is 1. The van der Waals surface area contributed by atoms with Gasteiger partial charge in [0.1, 0.15) is 31.0 Å². The number of nitrogen functional groups attached to an aromatic ring is 1. The topological polar surface area (TPSA) is 219 Å². The number of thiazole rings is 1. The predicted octanol–water partition coefficient (Wildman–Crippen LogP) is -4.86. The molecule has 0 aliphatic carbocycles. The maximum Gasteiger partial charge on any atom is 1.00 e. The van der Waals surface area contributed by atoms with Crippen LogP contribution >= 0.6 is 33.9 Å². The van der Waals surface area contributed by atoms with Crippen molar-refractivity contribution in [1.29, 1.82) is 0 Å². The fourth-order valence-corrected chi connectivity index (χ4v) is 3.83. The van der Waals surface area contributed by atoms with Gasteiger partial charge in [-0.1, -0.05) is 27.7 Å². The molecule has 1 saturated heterocycles. The number of nitrogens with one attached hydrogen (secondary N) is 1. The van der Waals surface area contributed by atoms with E-state index in [1.54, 1.807) is 0 Å². The van der Waals surface area contributed by atoms with Crippen LogP contribution < -0.4 is 46.3 Å². The number of alkyl halides is 1. The molecule has 2 atom stereocenters. The zero-order valence-corrected chi connectivity index (χ0v) is 21.1. The number of ether oxygens (including phenoxy) is 1. The smallest absolute Gasteiger partial charge is 0.731 e. The molecule has 0 unspecified atom stereocenters. The van der Waals surface area contributed by atoms with Crippen LogP contribution in [0.3, 0.4) is 0 Å². The summed E-state index contributed by atoms with van der Waals surface area (Å²) in [5.41, 5.74) is 10.1. The van der Waals surface area contributed by atoms with Gasteiger partial charge >= 0.3 is 35.7 Å². The van der Waals surface area contributed by atoms with Crippen molar-refractivity contribution in [2.24, 2.45) is 10.9 Å². The molecule has 0 saturated carbocycles. The molecule has 1 aromatic heterocycles. The van der Waals surface area contributed by atoms with E-state index >= 15 is 0 Å². The number of rotatable bonds is 9. The zero-order valence-electron chi connectivity index (χ0n) is 15.3. The monoisotopic (exact) mass is 584 g/mol. The summed E-state index contributed by atoms with van der Waals surface area (Å²) < 4.78 is 38.7. The number of nitrogens with zero attached hydrogens (tertiary/aromatic N) is 3. The van der Waals surface area contributed by atoms with E-state index in [4.69, 9.17) is 16.3 Å². The Kier molecular flexibility index (Phi) is 10.2. The summed E-state index contributed by atoms with van der Waals surface area (Å²) in [6.07, 6.45) is -1.26. The van der Waals surface area contributed by atoms with Crippen LogP contribution in [0.25, 0.3) is 0 Å². The van der Waals surface area contributed by atoms with Gasteiger partial charge in [0.15, 0.2) is 21.1 Å². The number of primary amides is 1. The first-order valence-corrected chi connectivity index (χ1v) is 11.3. The minimum absolute atomic E-state index is 0. The number of nitrogens with two attached hydrogens (primary N) is 2. The largest absolute Gasteiger partial charge is 1.00 e. The molecule has 18 heteroatoms. The van der Waals surface area contributed by atoms with Gasteiger partial charge in [-0.2, -0.15) is 0 Å². The molecule has 0 spiro atoms. The van der Waals surface area contributed by atoms with E-state index in [0.29, 0.717) is 4.43 Å². The minimum atomic E-state index is -5.20. The molecule has 0 radical (unpaired) electrons. The number of hydrogen-bond donors (Lipinski definition) is 3. The summed E-state index contributed by atoms with van der Waals surface area (Å²) >= 11 is 3.04. The van der Waals surface area contributed by atoms with Gasteiger partial charge in [-0.05, 0) is 0 Å². The van der Waals surface area contributed by atoms with Crippen molar-refractivity contribution in [3.05, 3.63) is 11.1 Å². The molecule has 2 heterocycles. The van der Waals surface area contributed by atoms with Crippen LogP contribution in [-0.2, 0) is 29.5 Å². The van der Waals surface area contributed by atoms with Gasteiger partial charge < -0.3 is 30.9 Å². The van der Waals surface area contributed by atoms with E-state index in [1.165, 1.54) is 5.38 Å². The number of β-lactam (4-membered cyclic amide) rings is 1. The Hall–Kier alpha value is -1.25. The third-order valence-electron chi connectivity index (χ3n) is 3.40. The fraction of sp³-hybridized carbons (Fsp3) is 0.417. The van der Waals surface area contributed by atoms with Crippen LogP contribution in [0.15, 0.2) is 10.5 Å². The molecule has 160 valence electrons. The molecule has 1 aliphatic rings. The fourth-order valence-electron chi connectivity index (χ4n) is 2.24. The molecular formula is C12H14IN6NaO8S2. The van der Waals surface area contributed by atoms with Crippen molar-refractivity contribution in [2.75, 3.05) is 23.4 Å². The van der Waals surface area contributed by atoms with Crippen molar-refractivity contribution < 1.29 is 66.5 Å². The van der Waals surface area contributed by atoms with Crippen molar-refractivity contribution in [3.8, 4) is 0 Å². The Morgan fingerprint density at radius 1 is 1.47 bits per heavy atom. The van der Waals surface area contributed by atoms with Gasteiger partial charge in [0.25, 0.3) is 11.8 Å². The van der Waals surface area contributed by atoms with E-state index in [1.807, 2.05) is 22.6 Å². The average molecular weight is 584 g/mol. The Morgan fingerprint density at radius 3 is 2.63 bits per heavy atom. The molecule has 0 aromatic carbocycles. The summed E-state index contributed by atoms with van der Waals surface area (Å²) in [5, 5.41) is 7.47. The van der Waals surface area contributed by atoms with E-state index in [2.05, 4.69) is 20.2 Å². The summed E-state index contributed by atoms with van der Waals surface area (Å²) in [4.78, 5) is 44.4. The van der Waals surface area contributed by atoms with Crippen LogP contribution in [0.5, 0.6) is 0 Å². The number of hydrogen-bond acceptors (Lipinski definition) is 12. The van der Waals surface area contributed by atoms with Crippen molar-refractivity contribution in [3.63, 3.8) is 0 Å². The minimum Gasteiger partial charge on any atom is -0.731 e. The van der Waals surface area contributed by atoms with Crippen LogP contribution in [0, 0.1) is 0 Å². The van der Waals surface area contributed by atoms with Crippen LogP contribution in [-0.4, -0.2) is 75.6 Å². The van der Waals surface area contributed by atoms with E-state index in [-0.39, 0.29) is 57.0 Å². The van der Waals surface area contributed by atoms with E-state index in [0.717, 1.165) is 11.3 Å². The van der Waals surface area contributed by atoms with Crippen LogP contribution in [0.2, 0.25) is 0 Å². The number of oxime groups is 1. The number of anilines is 1. The van der Waals surface area contributed by atoms with Gasteiger partial charge in [0, 0.05) is 9.81 Å². The SMILES string of the molecule is NC(=O)OC[C@@H]1[C@H](NC(=O)/C(=N\OCCI)c2csc(N)n2)C(=O)N1S(=O)(=O)[O-].[Na+]. The average Bonchev–Trinajstić information content (AvgIpc) is 3.04. The zero-order chi connectivity index (χ0) is 21.8. The van der Waals surface area contributed by atoms with E-state index in [9.17, 15) is 27.4 Å². The Balaban J connectivity index is 0.00000450. The molecular weight excluding hydrogens is 570 g/mol. The third kappa shape index (κ3) is 6.62. The number of carbonyl (C=O) groups excluding carboxylic acids is 3. The first-order chi connectivity index (χ1) is 13.6. The van der Waals surface area contributed by atoms with Gasteiger partial charge in [0.2, 0.25) is 0 Å². The first kappa shape index (κ1) is 26.8. The quantitative estimate of drug-likeness (QED) is 0.0367. The second kappa shape index (κ2) is 11.4. The van der Waals surface area contributed by atoms with Crippen molar-refractivity contribution in [2.45, 2.75) is 12.1 Å². The number of carbonyl (C=O) groups is 3. The molecule has 0 bridgehead atoms. The van der Waals surface area contributed by atoms with Crippen molar-refractivity contribution in [1.82, 2.24) is 14.6 Å². The Bertz CT molecular complexity index is 941. The molecule has 5 N–H and O–H groups in total. The molecule has 1 aromatic rings. The molecule has 1 aliphatic heterocycles. The van der Waals surface area contributed by atoms with Gasteiger partial charge in [-0.3, -0.25) is 9.59 Å². The van der Waals surface area contributed by atoms with Gasteiger partial charge in [-0.25, -0.2) is 22.5 Å². The molecule has 30 heavy (non-hydrogen) atoms. The molecule has 3 amide bonds. The Labute approximate surface area is 210 Å². The van der Waals surface area contributed by atoms with Gasteiger partial charge in [-0.15, -0.1) is 11.3 Å². The number of halogens is 1. The molecule has 14 nitrogen and oxygen atoms in total. The second-order valence-corrected chi connectivity index (χ2v) is 8.49. The Morgan fingerprint density at radius 2 is 2.13 bits per heavy atom. The third-order valence-corrected chi connectivity index (χ3v) is 5.44. The summed E-state index contributed by atoms with van der Waals surface area (Å²) in [5.74, 6) is -2.16. The van der Waals surface area contributed by atoms with Crippen molar-refractivity contribution >= 4 is 73.0 Å².